The Morgan fingerprint density at radius 1 is 0.214 bits per heavy atom. The van der Waals surface area contributed by atoms with E-state index in [4.69, 9.17) is 0 Å². The normalized spacial score (nSPS) is 37.3. The molecule has 0 aromatic carbocycles. The van der Waals surface area contributed by atoms with E-state index in [1.807, 2.05) is 12.2 Å². The largest absolute Gasteiger partial charge is 0.412 e. The Balaban J connectivity index is -0.000000139. The molecular formula is C58H128O2Si6Y4-2. The van der Waals surface area contributed by atoms with Gasteiger partial charge in [-0.05, 0) is 133 Å². The van der Waals surface area contributed by atoms with Gasteiger partial charge in [-0.2, -0.15) is 0 Å². The SMILES string of the molecule is CC1C(C)C(C)C([Si](C)(C)C)C1C.CC1C(C)C(C)C([Si](C)(C)C)C1C.CC1C(C)C(C)C([Si](C)(C)C)C1C.CC1C(C)C(C)C([Si](C)(C)C)C1C.C[Si](C)(C)[C-]=CC=[C-][Si](C)(C)C.O.O.[Y].[Y].[Y].[Y]. The molecule has 0 bridgehead atoms. The van der Waals surface area contributed by atoms with Crippen LogP contribution in [0, 0.1) is 106 Å². The molecule has 16 unspecified atom stereocenters. The van der Waals surface area contributed by atoms with Crippen molar-refractivity contribution in [3.05, 3.63) is 23.6 Å². The first kappa shape index (κ1) is 88.9. The first-order valence-corrected chi connectivity index (χ1v) is 48.8. The molecule has 0 aromatic rings. The molecule has 0 amide bonds. The van der Waals surface area contributed by atoms with Crippen LogP contribution in [0.15, 0.2) is 12.2 Å². The van der Waals surface area contributed by atoms with Crippen LogP contribution in [0.5, 0.6) is 0 Å². The van der Waals surface area contributed by atoms with Gasteiger partial charge in [-0.1, -0.05) is 229 Å². The Kier molecular flexibility index (Phi) is 45.6. The summed E-state index contributed by atoms with van der Waals surface area (Å²) >= 11 is 0. The molecule has 4 N–H and O–H groups in total. The fourth-order valence-electron chi connectivity index (χ4n) is 15.3. The molecule has 12 heteroatoms. The van der Waals surface area contributed by atoms with Crippen LogP contribution in [0.1, 0.15) is 111 Å². The van der Waals surface area contributed by atoms with Crippen molar-refractivity contribution in [1.82, 2.24) is 0 Å². The smallest absolute Gasteiger partial charge is 0.0479 e. The van der Waals surface area contributed by atoms with Crippen molar-refractivity contribution in [3.63, 3.8) is 0 Å². The first-order chi connectivity index (χ1) is 28.3. The molecule has 0 aromatic heterocycles. The quantitative estimate of drug-likeness (QED) is 0.139. The van der Waals surface area contributed by atoms with E-state index in [2.05, 4.69) is 240 Å². The van der Waals surface area contributed by atoms with Crippen LogP contribution in [0.25, 0.3) is 0 Å². The monoisotopic (exact) mass is 1380 g/mol. The van der Waals surface area contributed by atoms with E-state index in [1.54, 1.807) is 0 Å². The van der Waals surface area contributed by atoms with E-state index in [-0.39, 0.29) is 142 Å². The van der Waals surface area contributed by atoms with Gasteiger partial charge in [0.05, 0.1) is 0 Å². The van der Waals surface area contributed by atoms with E-state index in [0.29, 0.717) is 0 Å². The maximum Gasteiger partial charge on any atom is 0.0479 e. The van der Waals surface area contributed by atoms with Crippen molar-refractivity contribution in [2.24, 2.45) is 94.7 Å². The molecule has 4 radical (unpaired) electrons. The number of hydrogen-bond donors (Lipinski definition) is 0. The van der Waals surface area contributed by atoms with E-state index in [0.717, 1.165) is 117 Å². The zero-order valence-electron chi connectivity index (χ0n) is 54.0. The van der Waals surface area contributed by atoms with E-state index < -0.39 is 48.4 Å². The minimum absolute atomic E-state index is 0. The zero-order valence-corrected chi connectivity index (χ0v) is 71.4. The van der Waals surface area contributed by atoms with E-state index >= 15 is 0 Å². The maximum atomic E-state index is 3.41. The van der Waals surface area contributed by atoms with Crippen molar-refractivity contribution in [2.75, 3.05) is 0 Å². The van der Waals surface area contributed by atoms with Crippen LogP contribution in [-0.2, 0) is 131 Å². The Hall–Kier alpha value is 5.12. The molecule has 4 aliphatic carbocycles. The topological polar surface area (TPSA) is 63.0 Å². The van der Waals surface area contributed by atoms with Gasteiger partial charge in [-0.15, -0.1) is 0 Å². The molecular weight excluding hydrogens is 1250 g/mol. The fourth-order valence-corrected chi connectivity index (χ4v) is 31.5. The van der Waals surface area contributed by atoms with Gasteiger partial charge in [0.1, 0.15) is 0 Å². The van der Waals surface area contributed by atoms with Crippen molar-refractivity contribution >= 4 is 48.4 Å². The summed E-state index contributed by atoms with van der Waals surface area (Å²) in [6.07, 6.45) is 4.09. The van der Waals surface area contributed by atoms with E-state index in [9.17, 15) is 0 Å². The number of rotatable bonds is 7. The molecule has 4 saturated carbocycles. The second-order valence-electron chi connectivity index (χ2n) is 30.4. The summed E-state index contributed by atoms with van der Waals surface area (Å²) in [4.78, 5) is 0. The van der Waals surface area contributed by atoms with Gasteiger partial charge < -0.3 is 34.5 Å². The number of hydrogen-bond acceptors (Lipinski definition) is 0. The molecule has 4 rings (SSSR count). The summed E-state index contributed by atoms with van der Waals surface area (Å²) in [7, 11) is -5.97. The summed E-state index contributed by atoms with van der Waals surface area (Å²) < 4.78 is 0. The van der Waals surface area contributed by atoms with Crippen molar-refractivity contribution in [2.45, 2.75) is 251 Å². The Morgan fingerprint density at radius 3 is 0.371 bits per heavy atom. The Morgan fingerprint density at radius 2 is 0.314 bits per heavy atom. The second kappa shape index (κ2) is 35.9. The summed E-state index contributed by atoms with van der Waals surface area (Å²) in [6, 6.07) is 0. The molecule has 0 aliphatic heterocycles. The molecule has 0 saturated heterocycles. The third-order valence-corrected chi connectivity index (χ3v) is 33.9. The fraction of sp³-hybridized carbons (Fsp3) is 0.931. The van der Waals surface area contributed by atoms with Gasteiger partial charge in [0.25, 0.3) is 0 Å². The standard InChI is InChI=1S/4C12H26Si.C10H20Si2.2H2O.4Y/c4*1-8-9(2)11(4)12(10(8)3)13(5,6)7;1-11(2,3)9-7-8-10-12(4,5)6;;;;;;/h4*8-12H,1-7H3;7-8H,1-6H3;2*1H2;;;;/q;;;;-2;;;;;;. The molecule has 2 nitrogen and oxygen atoms in total. The van der Waals surface area contributed by atoms with Gasteiger partial charge in [-0.25, -0.2) is 0 Å². The predicted molar refractivity (Wildman–Crippen MR) is 325 cm³/mol. The predicted octanol–water partition coefficient (Wildman–Crippen LogP) is 18.8. The molecule has 70 heavy (non-hydrogen) atoms. The molecule has 4 aliphatic rings. The third kappa shape index (κ3) is 27.3. The average Bonchev–Trinajstić information content (AvgIpc) is 3.61. The second-order valence-corrected chi connectivity index (χ2v) is 61.6. The van der Waals surface area contributed by atoms with Gasteiger partial charge in [0.15, 0.2) is 0 Å². The van der Waals surface area contributed by atoms with Gasteiger partial charge in [0.2, 0.25) is 0 Å². The van der Waals surface area contributed by atoms with Crippen LogP contribution in [0.3, 0.4) is 0 Å². The summed E-state index contributed by atoms with van der Waals surface area (Å²) in [5.74, 6) is 15.1. The third-order valence-electron chi connectivity index (χ3n) is 19.6. The number of allylic oxidation sites excluding steroid dienone is 2. The van der Waals surface area contributed by atoms with Crippen molar-refractivity contribution in [3.8, 4) is 0 Å². The summed E-state index contributed by atoms with van der Waals surface area (Å²) in [5.41, 5.74) is 11.0. The first-order valence-electron chi connectivity index (χ1n) is 27.5. The Bertz CT molecular complexity index is 1180. The van der Waals surface area contributed by atoms with Crippen molar-refractivity contribution in [1.29, 1.82) is 0 Å². The molecule has 4 fully saturated rings. The summed E-state index contributed by atoms with van der Waals surface area (Å²) in [5, 5.41) is 0. The van der Waals surface area contributed by atoms with Crippen LogP contribution < -0.4 is 0 Å². The van der Waals surface area contributed by atoms with Crippen LogP contribution in [0.2, 0.25) is 140 Å². The maximum absolute atomic E-state index is 3.41. The van der Waals surface area contributed by atoms with Crippen LogP contribution >= 0.6 is 0 Å². The molecule has 16 atom stereocenters. The summed E-state index contributed by atoms with van der Waals surface area (Å²) in [6.45, 7) is 83.6. The minimum Gasteiger partial charge on any atom is -0.412 e. The minimum atomic E-state index is -1.11. The van der Waals surface area contributed by atoms with Gasteiger partial charge in [0, 0.05) is 163 Å². The van der Waals surface area contributed by atoms with E-state index in [1.165, 1.54) is 0 Å². The van der Waals surface area contributed by atoms with Crippen LogP contribution in [0.4, 0.5) is 0 Å². The molecule has 0 spiro atoms. The average molecular weight is 1380 g/mol. The zero-order chi connectivity index (χ0) is 51.4. The molecule has 410 valence electrons. The molecule has 0 heterocycles. The van der Waals surface area contributed by atoms with Gasteiger partial charge in [-0.3, -0.25) is 0 Å². The Labute approximate surface area is 551 Å². The van der Waals surface area contributed by atoms with Crippen molar-refractivity contribution < 1.29 is 142 Å². The van der Waals surface area contributed by atoms with Gasteiger partial charge >= 0.3 is 0 Å². The van der Waals surface area contributed by atoms with Crippen LogP contribution in [-0.4, -0.2) is 59.4 Å².